The van der Waals surface area contributed by atoms with E-state index in [1.165, 1.54) is 0 Å². The van der Waals surface area contributed by atoms with Gasteiger partial charge in [-0.1, -0.05) is 0 Å². The van der Waals surface area contributed by atoms with Crippen LogP contribution in [-0.2, 0) is 6.18 Å². The molecule has 120 valence electrons. The summed E-state index contributed by atoms with van der Waals surface area (Å²) in [5.41, 5.74) is -3.89. The van der Waals surface area contributed by atoms with Crippen molar-refractivity contribution in [1.82, 2.24) is 4.98 Å². The number of carbonyl (C=O) groups is 1. The lowest BCUT2D eigenvalue weighted by Gasteiger charge is -2.11. The minimum Gasteiger partial charge on any atom is -0.504 e. The fourth-order valence-electron chi connectivity index (χ4n) is 1.84. The van der Waals surface area contributed by atoms with E-state index in [9.17, 15) is 38.3 Å². The van der Waals surface area contributed by atoms with Gasteiger partial charge in [-0.05, 0) is 18.2 Å². The van der Waals surface area contributed by atoms with Crippen LogP contribution in [-0.4, -0.2) is 25.9 Å². The summed E-state index contributed by atoms with van der Waals surface area (Å²) in [5.74, 6) is -3.32. The van der Waals surface area contributed by atoms with Gasteiger partial charge in [0.2, 0.25) is 5.75 Å². The molecule has 0 unspecified atom stereocenters. The molecule has 0 saturated carbocycles. The molecule has 0 amide bonds. The van der Waals surface area contributed by atoms with Crippen LogP contribution in [0.5, 0.6) is 11.5 Å². The van der Waals surface area contributed by atoms with Crippen LogP contribution in [0.25, 0.3) is 0 Å². The van der Waals surface area contributed by atoms with Crippen LogP contribution in [0, 0.1) is 10.1 Å². The fourth-order valence-corrected chi connectivity index (χ4v) is 1.84. The standard InChI is InChI=1S/C13H7F3N2O5/c14-13(15,16)12-7(2-1-3-17-12)10(20)6-4-8(18(22)23)11(21)9(19)5-6/h1-5,19,21H. The van der Waals surface area contributed by atoms with Crippen LogP contribution in [0.1, 0.15) is 21.6 Å². The van der Waals surface area contributed by atoms with Crippen molar-refractivity contribution >= 4 is 11.5 Å². The van der Waals surface area contributed by atoms with Gasteiger partial charge in [0.25, 0.3) is 0 Å². The van der Waals surface area contributed by atoms with Gasteiger partial charge in [-0.15, -0.1) is 0 Å². The van der Waals surface area contributed by atoms with Crippen molar-refractivity contribution in [2.75, 3.05) is 0 Å². The molecule has 23 heavy (non-hydrogen) atoms. The van der Waals surface area contributed by atoms with Gasteiger partial charge in [0.1, 0.15) is 0 Å². The molecule has 7 nitrogen and oxygen atoms in total. The molecule has 0 fully saturated rings. The summed E-state index contributed by atoms with van der Waals surface area (Å²) < 4.78 is 38.6. The summed E-state index contributed by atoms with van der Waals surface area (Å²) in [7, 11) is 0. The lowest BCUT2D eigenvalue weighted by atomic mass is 10.0. The Morgan fingerprint density at radius 3 is 2.48 bits per heavy atom. The van der Waals surface area contributed by atoms with Crippen molar-refractivity contribution < 1.29 is 33.1 Å². The molecule has 1 aromatic heterocycles. The molecule has 0 aliphatic carbocycles. The largest absolute Gasteiger partial charge is 0.504 e. The SMILES string of the molecule is O=C(c1cc(O)c(O)c([N+](=O)[O-])c1)c1cccnc1C(F)(F)F. The van der Waals surface area contributed by atoms with Gasteiger partial charge in [0.15, 0.2) is 17.2 Å². The monoisotopic (exact) mass is 328 g/mol. The van der Waals surface area contributed by atoms with Crippen molar-refractivity contribution in [3.8, 4) is 11.5 Å². The van der Waals surface area contributed by atoms with Crippen LogP contribution in [0.3, 0.4) is 0 Å². The van der Waals surface area contributed by atoms with E-state index in [0.717, 1.165) is 18.3 Å². The first kappa shape index (κ1) is 16.2. The second-order valence-corrected chi connectivity index (χ2v) is 4.35. The summed E-state index contributed by atoms with van der Waals surface area (Å²) >= 11 is 0. The molecule has 1 aromatic carbocycles. The number of ketones is 1. The van der Waals surface area contributed by atoms with Gasteiger partial charge in [0, 0.05) is 17.8 Å². The molecule has 0 atom stereocenters. The first-order valence-corrected chi connectivity index (χ1v) is 5.90. The van der Waals surface area contributed by atoms with E-state index in [1.54, 1.807) is 0 Å². The third-order valence-corrected chi connectivity index (χ3v) is 2.85. The van der Waals surface area contributed by atoms with Gasteiger partial charge in [0.05, 0.1) is 10.5 Å². The molecule has 2 rings (SSSR count). The number of nitro groups is 1. The normalized spacial score (nSPS) is 11.3. The number of alkyl halides is 3. The number of pyridine rings is 1. The minimum absolute atomic E-state index is 0.574. The number of benzene rings is 1. The van der Waals surface area contributed by atoms with E-state index in [1.807, 2.05) is 0 Å². The van der Waals surface area contributed by atoms with Gasteiger partial charge in [-0.3, -0.25) is 19.9 Å². The Balaban J connectivity index is 2.61. The zero-order valence-corrected chi connectivity index (χ0v) is 11.0. The summed E-state index contributed by atoms with van der Waals surface area (Å²) in [6.07, 6.45) is -4.06. The predicted molar refractivity (Wildman–Crippen MR) is 69.1 cm³/mol. The molecule has 2 N–H and O–H groups in total. The minimum atomic E-state index is -4.91. The second-order valence-electron chi connectivity index (χ2n) is 4.35. The number of phenols is 2. The highest BCUT2D eigenvalue weighted by Crippen LogP contribution is 2.37. The molecule has 1 heterocycles. The first-order valence-electron chi connectivity index (χ1n) is 5.90. The maximum atomic E-state index is 12.9. The Labute approximate surface area is 125 Å². The highest BCUT2D eigenvalue weighted by molar-refractivity contribution is 6.10. The molecule has 2 aromatic rings. The Kier molecular flexibility index (Phi) is 3.91. The lowest BCUT2D eigenvalue weighted by molar-refractivity contribution is -0.386. The molecule has 0 aliphatic heterocycles. The van der Waals surface area contributed by atoms with Gasteiger partial charge in [-0.2, -0.15) is 13.2 Å². The fraction of sp³-hybridized carbons (Fsp3) is 0.0769. The summed E-state index contributed by atoms with van der Waals surface area (Å²) in [6.45, 7) is 0. The van der Waals surface area contributed by atoms with E-state index in [4.69, 9.17) is 0 Å². The van der Waals surface area contributed by atoms with Crippen molar-refractivity contribution in [1.29, 1.82) is 0 Å². The molecule has 0 aliphatic rings. The third kappa shape index (κ3) is 3.05. The van der Waals surface area contributed by atoms with Gasteiger partial charge >= 0.3 is 11.9 Å². The highest BCUT2D eigenvalue weighted by Gasteiger charge is 2.37. The van der Waals surface area contributed by atoms with Crippen molar-refractivity contribution in [2.45, 2.75) is 6.18 Å². The molecule has 10 heteroatoms. The average Bonchev–Trinajstić information content (AvgIpc) is 2.48. The van der Waals surface area contributed by atoms with E-state index >= 15 is 0 Å². The third-order valence-electron chi connectivity index (χ3n) is 2.85. The number of hydrogen-bond acceptors (Lipinski definition) is 6. The molecule has 0 saturated heterocycles. The smallest absolute Gasteiger partial charge is 0.434 e. The molecular weight excluding hydrogens is 321 g/mol. The Morgan fingerprint density at radius 2 is 1.91 bits per heavy atom. The number of nitrogens with zero attached hydrogens (tertiary/aromatic N) is 2. The summed E-state index contributed by atoms with van der Waals surface area (Å²) in [6, 6.07) is 3.16. The number of aromatic hydroxyl groups is 2. The van der Waals surface area contributed by atoms with Crippen molar-refractivity contribution in [3.05, 3.63) is 57.4 Å². The van der Waals surface area contributed by atoms with E-state index < -0.39 is 50.9 Å². The topological polar surface area (TPSA) is 114 Å². The quantitative estimate of drug-likeness (QED) is 0.387. The van der Waals surface area contributed by atoms with Crippen molar-refractivity contribution in [3.63, 3.8) is 0 Å². The number of carbonyl (C=O) groups excluding carboxylic acids is 1. The van der Waals surface area contributed by atoms with E-state index in [0.29, 0.717) is 12.1 Å². The van der Waals surface area contributed by atoms with Crippen molar-refractivity contribution in [2.24, 2.45) is 0 Å². The molecular formula is C13H7F3N2O5. The van der Waals surface area contributed by atoms with E-state index in [-0.39, 0.29) is 0 Å². The van der Waals surface area contributed by atoms with Crippen LogP contribution in [0.4, 0.5) is 18.9 Å². The number of nitro benzene ring substituents is 1. The Hall–Kier alpha value is -3.17. The summed E-state index contributed by atoms with van der Waals surface area (Å²) in [5, 5.41) is 29.5. The maximum Gasteiger partial charge on any atom is 0.434 e. The average molecular weight is 328 g/mol. The lowest BCUT2D eigenvalue weighted by Crippen LogP contribution is -2.16. The number of halogens is 3. The second kappa shape index (κ2) is 5.55. The predicted octanol–water partition coefficient (Wildman–Crippen LogP) is 2.65. The van der Waals surface area contributed by atoms with Gasteiger partial charge < -0.3 is 10.2 Å². The zero-order valence-electron chi connectivity index (χ0n) is 11.0. The molecule has 0 spiro atoms. The number of phenolic OH excluding ortho intramolecular Hbond substituents is 2. The highest BCUT2D eigenvalue weighted by atomic mass is 19.4. The van der Waals surface area contributed by atoms with Crippen LogP contribution < -0.4 is 0 Å². The Bertz CT molecular complexity index is 805. The zero-order chi connectivity index (χ0) is 17.4. The number of hydrogen-bond donors (Lipinski definition) is 2. The molecule has 0 bridgehead atoms. The Morgan fingerprint density at radius 1 is 1.26 bits per heavy atom. The number of aromatic nitrogens is 1. The maximum absolute atomic E-state index is 12.9. The van der Waals surface area contributed by atoms with Crippen LogP contribution >= 0.6 is 0 Å². The van der Waals surface area contributed by atoms with Crippen LogP contribution in [0.15, 0.2) is 30.5 Å². The van der Waals surface area contributed by atoms with Gasteiger partial charge in [-0.25, -0.2) is 0 Å². The summed E-state index contributed by atoms with van der Waals surface area (Å²) in [4.78, 5) is 25.0. The van der Waals surface area contributed by atoms with E-state index in [2.05, 4.69) is 4.98 Å². The number of rotatable bonds is 3. The first-order chi connectivity index (χ1) is 10.6. The molecule has 0 radical (unpaired) electrons. The van der Waals surface area contributed by atoms with Crippen LogP contribution in [0.2, 0.25) is 0 Å².